The van der Waals surface area contributed by atoms with E-state index in [-0.39, 0.29) is 5.89 Å². The second-order valence-electron chi connectivity index (χ2n) is 3.26. The largest absolute Gasteiger partial charge is 0.384 e. The molecule has 0 spiro atoms. The van der Waals surface area contributed by atoms with Gasteiger partial charge in [-0.2, -0.15) is 4.98 Å². The summed E-state index contributed by atoms with van der Waals surface area (Å²) in [7, 11) is 0. The second kappa shape index (κ2) is 4.41. The van der Waals surface area contributed by atoms with Crippen LogP contribution in [0.25, 0.3) is 11.4 Å². The van der Waals surface area contributed by atoms with Gasteiger partial charge in [0.05, 0.1) is 10.0 Å². The van der Waals surface area contributed by atoms with Crippen LogP contribution in [-0.2, 0) is 0 Å². The number of hydrogen-bond donors (Lipinski definition) is 1. The zero-order valence-electron chi connectivity index (χ0n) is 8.32. The molecule has 0 saturated heterocycles. The van der Waals surface area contributed by atoms with Crippen LogP contribution in [0.1, 0.15) is 18.9 Å². The molecule has 2 aromatic rings. The van der Waals surface area contributed by atoms with Crippen molar-refractivity contribution in [2.75, 3.05) is 0 Å². The molecule has 0 unspecified atom stereocenters. The lowest BCUT2D eigenvalue weighted by Crippen LogP contribution is -1.90. The summed E-state index contributed by atoms with van der Waals surface area (Å²) in [6, 6.07) is 5.02. The van der Waals surface area contributed by atoms with Gasteiger partial charge in [0, 0.05) is 5.56 Å². The molecule has 1 aromatic heterocycles. The first-order chi connectivity index (χ1) is 7.58. The summed E-state index contributed by atoms with van der Waals surface area (Å²) in [5.74, 6) is 0.538. The van der Waals surface area contributed by atoms with Crippen LogP contribution in [0.3, 0.4) is 0 Å². The van der Waals surface area contributed by atoms with Crippen molar-refractivity contribution in [1.29, 1.82) is 0 Å². The van der Waals surface area contributed by atoms with Crippen molar-refractivity contribution in [2.24, 2.45) is 0 Å². The van der Waals surface area contributed by atoms with E-state index in [4.69, 9.17) is 27.7 Å². The molecule has 4 nitrogen and oxygen atoms in total. The van der Waals surface area contributed by atoms with Gasteiger partial charge in [0.2, 0.25) is 5.82 Å². The summed E-state index contributed by atoms with van der Waals surface area (Å²) in [6.45, 7) is 1.55. The molecule has 16 heavy (non-hydrogen) atoms. The quantitative estimate of drug-likeness (QED) is 0.900. The molecule has 0 fully saturated rings. The lowest BCUT2D eigenvalue weighted by molar-refractivity contribution is 0.152. The van der Waals surface area contributed by atoms with Gasteiger partial charge in [-0.3, -0.25) is 0 Å². The van der Waals surface area contributed by atoms with Gasteiger partial charge >= 0.3 is 0 Å². The molecule has 1 atom stereocenters. The Morgan fingerprint density at radius 2 is 2.06 bits per heavy atom. The first-order valence-corrected chi connectivity index (χ1v) is 5.30. The van der Waals surface area contributed by atoms with Gasteiger partial charge in [-0.15, -0.1) is 0 Å². The Morgan fingerprint density at radius 1 is 1.31 bits per heavy atom. The van der Waals surface area contributed by atoms with Gasteiger partial charge in [0.1, 0.15) is 6.10 Å². The molecule has 0 radical (unpaired) electrons. The normalized spacial score (nSPS) is 12.8. The van der Waals surface area contributed by atoms with E-state index in [0.717, 1.165) is 0 Å². The maximum Gasteiger partial charge on any atom is 0.255 e. The summed E-state index contributed by atoms with van der Waals surface area (Å²) < 4.78 is 4.86. The van der Waals surface area contributed by atoms with Crippen LogP contribution in [0.15, 0.2) is 22.7 Å². The summed E-state index contributed by atoms with van der Waals surface area (Å²) in [4.78, 5) is 4.02. The average Bonchev–Trinajstić information content (AvgIpc) is 2.71. The summed E-state index contributed by atoms with van der Waals surface area (Å²) in [6.07, 6.45) is -0.788. The van der Waals surface area contributed by atoms with Crippen molar-refractivity contribution in [2.45, 2.75) is 13.0 Å². The van der Waals surface area contributed by atoms with E-state index in [0.29, 0.717) is 21.4 Å². The Kier molecular flexibility index (Phi) is 3.14. The van der Waals surface area contributed by atoms with Gasteiger partial charge < -0.3 is 9.63 Å². The van der Waals surface area contributed by atoms with Crippen LogP contribution in [0.4, 0.5) is 0 Å². The molecule has 0 aliphatic rings. The standard InChI is InChI=1S/C10H8Cl2N2O2/c1-5(15)10-13-9(14-16-10)6-2-3-7(11)8(12)4-6/h2-5,15H,1H3/t5-/m0/s1. The minimum atomic E-state index is -0.788. The third-order valence-corrected chi connectivity index (χ3v) is 2.72. The lowest BCUT2D eigenvalue weighted by Gasteiger charge is -1.97. The van der Waals surface area contributed by atoms with Crippen molar-refractivity contribution in [3.05, 3.63) is 34.1 Å². The third-order valence-electron chi connectivity index (χ3n) is 1.98. The van der Waals surface area contributed by atoms with Crippen molar-refractivity contribution < 1.29 is 9.63 Å². The Labute approximate surface area is 102 Å². The minimum Gasteiger partial charge on any atom is -0.384 e. The van der Waals surface area contributed by atoms with Crippen molar-refractivity contribution in [1.82, 2.24) is 10.1 Å². The molecule has 0 aliphatic heterocycles. The Hall–Kier alpha value is -1.10. The number of aromatic nitrogens is 2. The van der Waals surface area contributed by atoms with Crippen molar-refractivity contribution >= 4 is 23.2 Å². The zero-order valence-corrected chi connectivity index (χ0v) is 9.83. The third kappa shape index (κ3) is 2.19. The van der Waals surface area contributed by atoms with Gasteiger partial charge in [0.25, 0.3) is 5.89 Å². The average molecular weight is 259 g/mol. The van der Waals surface area contributed by atoms with Crippen LogP contribution < -0.4 is 0 Å². The highest BCUT2D eigenvalue weighted by Crippen LogP contribution is 2.27. The fourth-order valence-electron chi connectivity index (χ4n) is 1.16. The van der Waals surface area contributed by atoms with E-state index in [9.17, 15) is 5.11 Å². The molecule has 2 rings (SSSR count). The molecular weight excluding hydrogens is 251 g/mol. The maximum atomic E-state index is 9.24. The second-order valence-corrected chi connectivity index (χ2v) is 4.08. The van der Waals surface area contributed by atoms with Crippen LogP contribution in [-0.4, -0.2) is 15.2 Å². The maximum absolute atomic E-state index is 9.24. The smallest absolute Gasteiger partial charge is 0.255 e. The zero-order chi connectivity index (χ0) is 11.7. The van der Waals surface area contributed by atoms with E-state index in [2.05, 4.69) is 10.1 Å². The predicted octanol–water partition coefficient (Wildman–Crippen LogP) is 3.10. The number of aliphatic hydroxyl groups excluding tert-OH is 1. The highest BCUT2D eigenvalue weighted by Gasteiger charge is 2.13. The molecule has 6 heteroatoms. The van der Waals surface area contributed by atoms with Gasteiger partial charge in [-0.25, -0.2) is 0 Å². The van der Waals surface area contributed by atoms with Gasteiger partial charge in [-0.05, 0) is 25.1 Å². The number of halogens is 2. The SMILES string of the molecule is C[C@H](O)c1nc(-c2ccc(Cl)c(Cl)c2)no1. The molecule has 1 N–H and O–H groups in total. The molecule has 0 bridgehead atoms. The van der Waals surface area contributed by atoms with Crippen molar-refractivity contribution in [3.8, 4) is 11.4 Å². The van der Waals surface area contributed by atoms with Crippen LogP contribution in [0.5, 0.6) is 0 Å². The Balaban J connectivity index is 2.39. The lowest BCUT2D eigenvalue weighted by atomic mass is 10.2. The Bertz CT molecular complexity index is 511. The number of benzene rings is 1. The number of hydrogen-bond acceptors (Lipinski definition) is 4. The molecule has 0 amide bonds. The topological polar surface area (TPSA) is 59.2 Å². The Morgan fingerprint density at radius 3 is 2.62 bits per heavy atom. The molecule has 1 heterocycles. The fraction of sp³-hybridized carbons (Fsp3) is 0.200. The molecular formula is C10H8Cl2N2O2. The number of rotatable bonds is 2. The highest BCUT2D eigenvalue weighted by molar-refractivity contribution is 6.42. The predicted molar refractivity (Wildman–Crippen MR) is 60.4 cm³/mol. The summed E-state index contributed by atoms with van der Waals surface area (Å²) in [5.41, 5.74) is 0.685. The first-order valence-electron chi connectivity index (χ1n) is 4.55. The van der Waals surface area contributed by atoms with E-state index in [1.165, 1.54) is 0 Å². The fourth-order valence-corrected chi connectivity index (χ4v) is 1.46. The molecule has 0 saturated carbocycles. The first kappa shape index (κ1) is 11.4. The molecule has 84 valence electrons. The minimum absolute atomic E-state index is 0.168. The van der Waals surface area contributed by atoms with E-state index < -0.39 is 6.10 Å². The van der Waals surface area contributed by atoms with Crippen LogP contribution >= 0.6 is 23.2 Å². The molecule has 1 aromatic carbocycles. The van der Waals surface area contributed by atoms with E-state index in [1.807, 2.05) is 0 Å². The van der Waals surface area contributed by atoms with E-state index in [1.54, 1.807) is 25.1 Å². The van der Waals surface area contributed by atoms with Crippen molar-refractivity contribution in [3.63, 3.8) is 0 Å². The van der Waals surface area contributed by atoms with Crippen LogP contribution in [0, 0.1) is 0 Å². The van der Waals surface area contributed by atoms with Crippen LogP contribution in [0.2, 0.25) is 10.0 Å². The highest BCUT2D eigenvalue weighted by atomic mass is 35.5. The summed E-state index contributed by atoms with van der Waals surface area (Å²) in [5, 5.41) is 13.9. The number of nitrogens with zero attached hydrogens (tertiary/aromatic N) is 2. The van der Waals surface area contributed by atoms with Gasteiger partial charge in [0.15, 0.2) is 0 Å². The van der Waals surface area contributed by atoms with Gasteiger partial charge in [-0.1, -0.05) is 28.4 Å². The summed E-state index contributed by atoms with van der Waals surface area (Å²) >= 11 is 11.7. The van der Waals surface area contributed by atoms with E-state index >= 15 is 0 Å². The number of aliphatic hydroxyl groups is 1. The molecule has 0 aliphatic carbocycles. The monoisotopic (exact) mass is 258 g/mol.